The van der Waals surface area contributed by atoms with Gasteiger partial charge in [-0.05, 0) is 75.1 Å². The molecule has 0 aliphatic carbocycles. The number of hydrazone groups is 1. The number of hydrogen-bond donors (Lipinski definition) is 1. The molecule has 190 valence electrons. The summed E-state index contributed by atoms with van der Waals surface area (Å²) >= 11 is 5.96. The van der Waals surface area contributed by atoms with E-state index in [-0.39, 0.29) is 11.4 Å². The number of aromatic nitrogens is 1. The Bertz CT molecular complexity index is 1280. The van der Waals surface area contributed by atoms with Crippen LogP contribution in [0.3, 0.4) is 0 Å². The van der Waals surface area contributed by atoms with E-state index in [1.54, 1.807) is 48.7 Å². The van der Waals surface area contributed by atoms with Crippen molar-refractivity contribution >= 4 is 41.3 Å². The number of terminal acetylenes is 1. The van der Waals surface area contributed by atoms with Crippen LogP contribution < -0.4 is 10.2 Å². The molecular formula is C28H29ClN6O2. The Balaban J connectivity index is 1.74. The van der Waals surface area contributed by atoms with E-state index in [9.17, 15) is 9.59 Å². The van der Waals surface area contributed by atoms with Crippen LogP contribution in [0.5, 0.6) is 0 Å². The number of anilines is 2. The average molecular weight is 517 g/mol. The Morgan fingerprint density at radius 2 is 1.84 bits per heavy atom. The fourth-order valence-electron chi connectivity index (χ4n) is 3.34. The largest absolute Gasteiger partial charge is 0.334 e. The van der Waals surface area contributed by atoms with Crippen LogP contribution >= 0.6 is 11.6 Å². The molecule has 8 nitrogen and oxygen atoms in total. The molecule has 0 unspecified atom stereocenters. The molecule has 0 aliphatic heterocycles. The van der Waals surface area contributed by atoms with E-state index in [2.05, 4.69) is 26.2 Å². The highest BCUT2D eigenvalue weighted by molar-refractivity contribution is 6.30. The van der Waals surface area contributed by atoms with Crippen molar-refractivity contribution < 1.29 is 9.59 Å². The molecule has 3 rings (SSSR count). The Morgan fingerprint density at radius 3 is 2.49 bits per heavy atom. The summed E-state index contributed by atoms with van der Waals surface area (Å²) in [4.78, 5) is 33.9. The highest BCUT2D eigenvalue weighted by Crippen LogP contribution is 2.20. The van der Waals surface area contributed by atoms with Crippen molar-refractivity contribution in [3.8, 4) is 12.3 Å². The standard InChI is InChI=1S/C28H29ClN6O2/c1-5-21-8-6-9-23(18-21)27(36)35(26-15-12-24(29)20-30-26)28(37)32-25-13-10-22(11-14-25)19-31-34(4)17-7-16-33(2)3/h1,6,8-15,18-20H,7,16-17H2,2-4H3,(H,32,37). The topological polar surface area (TPSA) is 81.1 Å². The van der Waals surface area contributed by atoms with Gasteiger partial charge in [0.15, 0.2) is 0 Å². The molecule has 0 radical (unpaired) electrons. The van der Waals surface area contributed by atoms with Gasteiger partial charge in [0, 0.05) is 36.6 Å². The first kappa shape index (κ1) is 27.4. The normalized spacial score (nSPS) is 10.8. The van der Waals surface area contributed by atoms with E-state index in [4.69, 9.17) is 18.0 Å². The molecule has 0 bridgehead atoms. The van der Waals surface area contributed by atoms with E-state index in [1.807, 2.05) is 38.3 Å². The molecule has 3 aromatic rings. The third kappa shape index (κ3) is 8.17. The lowest BCUT2D eigenvalue weighted by Crippen LogP contribution is -2.40. The van der Waals surface area contributed by atoms with E-state index < -0.39 is 11.9 Å². The van der Waals surface area contributed by atoms with E-state index in [0.29, 0.717) is 16.3 Å². The molecule has 0 saturated heterocycles. The van der Waals surface area contributed by atoms with Gasteiger partial charge in [0.2, 0.25) is 0 Å². The molecule has 3 amide bonds. The number of nitrogens with zero attached hydrogens (tertiary/aromatic N) is 5. The number of urea groups is 1. The SMILES string of the molecule is C#Cc1cccc(C(=O)N(C(=O)Nc2ccc(C=NN(C)CCCN(C)C)cc2)c2ccc(Cl)cn2)c1. The van der Waals surface area contributed by atoms with Crippen LogP contribution in [-0.2, 0) is 0 Å². The van der Waals surface area contributed by atoms with Crippen molar-refractivity contribution in [2.45, 2.75) is 6.42 Å². The predicted molar refractivity (Wildman–Crippen MR) is 149 cm³/mol. The highest BCUT2D eigenvalue weighted by atomic mass is 35.5. The molecular weight excluding hydrogens is 488 g/mol. The number of halogens is 1. The van der Waals surface area contributed by atoms with Gasteiger partial charge >= 0.3 is 6.03 Å². The first-order chi connectivity index (χ1) is 17.8. The van der Waals surface area contributed by atoms with Crippen molar-refractivity contribution in [3.05, 3.63) is 88.6 Å². The molecule has 0 atom stereocenters. The molecule has 37 heavy (non-hydrogen) atoms. The second-order valence-corrected chi connectivity index (χ2v) is 8.97. The quantitative estimate of drug-likeness (QED) is 0.251. The van der Waals surface area contributed by atoms with E-state index in [1.165, 1.54) is 12.3 Å². The molecule has 1 aromatic heterocycles. The second kappa shape index (κ2) is 13.2. The number of carbonyl (C=O) groups excluding carboxylic acids is 2. The van der Waals surface area contributed by atoms with Gasteiger partial charge < -0.3 is 15.2 Å². The summed E-state index contributed by atoms with van der Waals surface area (Å²) in [5, 5.41) is 9.47. The van der Waals surface area contributed by atoms with Crippen molar-refractivity contribution in [1.29, 1.82) is 0 Å². The number of benzene rings is 2. The molecule has 0 aliphatic rings. The summed E-state index contributed by atoms with van der Waals surface area (Å²) in [5.74, 6) is 2.04. The monoisotopic (exact) mass is 516 g/mol. The molecule has 0 saturated carbocycles. The van der Waals surface area contributed by atoms with Gasteiger partial charge in [-0.15, -0.1) is 6.42 Å². The predicted octanol–water partition coefficient (Wildman–Crippen LogP) is 4.81. The average Bonchev–Trinajstić information content (AvgIpc) is 2.89. The van der Waals surface area contributed by atoms with Crippen molar-refractivity contribution in [3.63, 3.8) is 0 Å². The Labute approximate surface area is 222 Å². The first-order valence-corrected chi connectivity index (χ1v) is 12.0. The van der Waals surface area contributed by atoms with Crippen LogP contribution in [0, 0.1) is 12.3 Å². The number of carbonyl (C=O) groups is 2. The number of hydrogen-bond acceptors (Lipinski definition) is 6. The van der Waals surface area contributed by atoms with Gasteiger partial charge in [-0.1, -0.05) is 35.7 Å². The lowest BCUT2D eigenvalue weighted by molar-refractivity contribution is 0.0995. The maximum Gasteiger partial charge on any atom is 0.334 e. The van der Waals surface area contributed by atoms with Crippen molar-refractivity contribution in [2.75, 3.05) is 44.4 Å². The van der Waals surface area contributed by atoms with Crippen molar-refractivity contribution in [1.82, 2.24) is 14.9 Å². The van der Waals surface area contributed by atoms with Crippen LogP contribution in [0.1, 0.15) is 27.9 Å². The smallest absolute Gasteiger partial charge is 0.309 e. The van der Waals surface area contributed by atoms with Crippen LogP contribution in [0.4, 0.5) is 16.3 Å². The summed E-state index contributed by atoms with van der Waals surface area (Å²) in [7, 11) is 6.01. The van der Waals surface area contributed by atoms with Crippen LogP contribution in [-0.4, -0.2) is 67.3 Å². The fraction of sp³-hybridized carbons (Fsp3) is 0.214. The minimum absolute atomic E-state index is 0.124. The third-order valence-electron chi connectivity index (χ3n) is 5.28. The van der Waals surface area contributed by atoms with Gasteiger partial charge in [-0.25, -0.2) is 14.7 Å². The maximum atomic E-state index is 13.3. The van der Waals surface area contributed by atoms with Crippen molar-refractivity contribution in [2.24, 2.45) is 5.10 Å². The number of pyridine rings is 1. The lowest BCUT2D eigenvalue weighted by atomic mass is 10.1. The molecule has 9 heteroatoms. The summed E-state index contributed by atoms with van der Waals surface area (Å²) in [5.41, 5.74) is 2.15. The van der Waals surface area contributed by atoms with Crippen LogP contribution in [0.15, 0.2) is 72.0 Å². The molecule has 2 aromatic carbocycles. The second-order valence-electron chi connectivity index (χ2n) is 8.54. The maximum absolute atomic E-state index is 13.3. The molecule has 0 fully saturated rings. The summed E-state index contributed by atoms with van der Waals surface area (Å²) < 4.78 is 0. The molecule has 0 spiro atoms. The lowest BCUT2D eigenvalue weighted by Gasteiger charge is -2.21. The molecule has 1 N–H and O–H groups in total. The first-order valence-electron chi connectivity index (χ1n) is 11.6. The van der Waals surface area contributed by atoms with Gasteiger partial charge in [0.05, 0.1) is 11.2 Å². The van der Waals surface area contributed by atoms with Crippen LogP contribution in [0.25, 0.3) is 0 Å². The molecule has 1 heterocycles. The summed E-state index contributed by atoms with van der Waals surface area (Å²) in [6.45, 7) is 1.84. The van der Waals surface area contributed by atoms with E-state index in [0.717, 1.165) is 30.0 Å². The zero-order valence-corrected chi connectivity index (χ0v) is 21.8. The Kier molecular flexibility index (Phi) is 9.78. The fourth-order valence-corrected chi connectivity index (χ4v) is 3.45. The number of rotatable bonds is 9. The van der Waals surface area contributed by atoms with Gasteiger partial charge in [-0.2, -0.15) is 5.10 Å². The minimum Gasteiger partial charge on any atom is -0.309 e. The van der Waals surface area contributed by atoms with Gasteiger partial charge in [0.25, 0.3) is 5.91 Å². The van der Waals surface area contributed by atoms with Crippen LogP contribution in [0.2, 0.25) is 5.02 Å². The number of nitrogens with one attached hydrogen (secondary N) is 1. The van der Waals surface area contributed by atoms with E-state index >= 15 is 0 Å². The number of amides is 3. The minimum atomic E-state index is -0.673. The summed E-state index contributed by atoms with van der Waals surface area (Å²) in [6, 6.07) is 16.0. The highest BCUT2D eigenvalue weighted by Gasteiger charge is 2.26. The van der Waals surface area contributed by atoms with Gasteiger partial charge in [-0.3, -0.25) is 4.79 Å². The van der Waals surface area contributed by atoms with Gasteiger partial charge in [0.1, 0.15) is 5.82 Å². The summed E-state index contributed by atoms with van der Waals surface area (Å²) in [6.07, 6.45) is 9.61. The zero-order chi connectivity index (χ0) is 26.8. The number of imide groups is 1. The third-order valence-corrected chi connectivity index (χ3v) is 5.50. The Morgan fingerprint density at radius 1 is 1.08 bits per heavy atom. The Hall–Kier alpha value is -4.19. The zero-order valence-electron chi connectivity index (χ0n) is 21.1.